The summed E-state index contributed by atoms with van der Waals surface area (Å²) in [7, 11) is 0. The summed E-state index contributed by atoms with van der Waals surface area (Å²) in [5.41, 5.74) is 1.42. The maximum absolute atomic E-state index is 13.1. The van der Waals surface area contributed by atoms with Crippen LogP contribution in [0.3, 0.4) is 0 Å². The number of nitrogens with zero attached hydrogens (tertiary/aromatic N) is 3. The van der Waals surface area contributed by atoms with Gasteiger partial charge in [0.25, 0.3) is 0 Å². The molecule has 0 unspecified atom stereocenters. The largest absolute Gasteiger partial charge is 0.342 e. The highest BCUT2D eigenvalue weighted by atomic mass is 16.2. The lowest BCUT2D eigenvalue weighted by molar-refractivity contribution is -0.137. The minimum Gasteiger partial charge on any atom is -0.342 e. The molecule has 0 spiro atoms. The van der Waals surface area contributed by atoms with Crippen LogP contribution in [0.1, 0.15) is 56.9 Å². The molecule has 154 valence electrons. The number of hydrogen-bond donors (Lipinski definition) is 0. The Hall–Kier alpha value is -1.39. The Bertz CT molecular complexity index is 604. The van der Waals surface area contributed by atoms with Crippen molar-refractivity contribution in [3.63, 3.8) is 0 Å². The quantitative estimate of drug-likeness (QED) is 0.792. The smallest absolute Gasteiger partial charge is 0.226 e. The third-order valence-electron chi connectivity index (χ3n) is 7.04. The number of piperidine rings is 2. The first-order chi connectivity index (χ1) is 13.8. The van der Waals surface area contributed by atoms with Gasteiger partial charge in [0.15, 0.2) is 0 Å². The van der Waals surface area contributed by atoms with Gasteiger partial charge in [-0.15, -0.1) is 0 Å². The summed E-state index contributed by atoms with van der Waals surface area (Å²) in [6.07, 6.45) is 9.76. The summed E-state index contributed by atoms with van der Waals surface area (Å²) in [4.78, 5) is 20.5. The molecule has 0 saturated carbocycles. The molecule has 1 aromatic rings. The van der Waals surface area contributed by atoms with Crippen LogP contribution in [0.5, 0.6) is 0 Å². The molecule has 0 aliphatic carbocycles. The molecule has 3 aliphatic rings. The second kappa shape index (κ2) is 9.89. The topological polar surface area (TPSA) is 26.8 Å². The first-order valence-electron chi connectivity index (χ1n) is 11.6. The summed E-state index contributed by atoms with van der Waals surface area (Å²) < 4.78 is 0. The van der Waals surface area contributed by atoms with Gasteiger partial charge in [-0.1, -0.05) is 43.2 Å². The van der Waals surface area contributed by atoms with Crippen molar-refractivity contribution < 1.29 is 4.79 Å². The Balaban J connectivity index is 1.26. The molecule has 3 saturated heterocycles. The van der Waals surface area contributed by atoms with Crippen LogP contribution in [0.25, 0.3) is 0 Å². The van der Waals surface area contributed by atoms with Crippen molar-refractivity contribution in [2.45, 2.75) is 64.0 Å². The molecule has 0 radical (unpaired) electrons. The zero-order valence-electron chi connectivity index (χ0n) is 17.4. The average Bonchev–Trinajstić information content (AvgIpc) is 3.04. The highest BCUT2D eigenvalue weighted by Crippen LogP contribution is 2.26. The van der Waals surface area contributed by atoms with Gasteiger partial charge in [0, 0.05) is 32.2 Å². The monoisotopic (exact) mass is 383 g/mol. The van der Waals surface area contributed by atoms with Gasteiger partial charge in [0.1, 0.15) is 0 Å². The fraction of sp³-hybridized carbons (Fsp3) is 0.708. The van der Waals surface area contributed by atoms with E-state index in [2.05, 4.69) is 45.0 Å². The highest BCUT2D eigenvalue weighted by molar-refractivity contribution is 5.79. The van der Waals surface area contributed by atoms with E-state index in [-0.39, 0.29) is 5.92 Å². The van der Waals surface area contributed by atoms with E-state index in [0.717, 1.165) is 32.6 Å². The van der Waals surface area contributed by atoms with Crippen molar-refractivity contribution in [2.24, 2.45) is 5.92 Å². The van der Waals surface area contributed by atoms with E-state index < -0.39 is 0 Å². The van der Waals surface area contributed by atoms with Gasteiger partial charge in [-0.25, -0.2) is 0 Å². The third-order valence-corrected chi connectivity index (χ3v) is 7.04. The van der Waals surface area contributed by atoms with Gasteiger partial charge in [-0.05, 0) is 63.7 Å². The number of benzene rings is 1. The Morgan fingerprint density at radius 3 is 2.25 bits per heavy atom. The van der Waals surface area contributed by atoms with Crippen LogP contribution in [-0.4, -0.2) is 65.9 Å². The molecule has 3 aliphatic heterocycles. The Kier molecular flexibility index (Phi) is 7.03. The van der Waals surface area contributed by atoms with Gasteiger partial charge in [-0.2, -0.15) is 0 Å². The number of hydrogen-bond acceptors (Lipinski definition) is 3. The summed E-state index contributed by atoms with van der Waals surface area (Å²) >= 11 is 0. The lowest BCUT2D eigenvalue weighted by atomic mass is 9.92. The number of carbonyl (C=O) groups is 1. The predicted molar refractivity (Wildman–Crippen MR) is 114 cm³/mol. The summed E-state index contributed by atoms with van der Waals surface area (Å²) in [5, 5.41) is 0. The molecule has 0 N–H and O–H groups in total. The molecule has 0 bridgehead atoms. The Labute approximate surface area is 170 Å². The molecule has 28 heavy (non-hydrogen) atoms. The molecular weight excluding hydrogens is 346 g/mol. The van der Waals surface area contributed by atoms with E-state index in [1.165, 1.54) is 70.1 Å². The summed E-state index contributed by atoms with van der Waals surface area (Å²) in [6, 6.07) is 11.5. The fourth-order valence-corrected chi connectivity index (χ4v) is 5.37. The molecule has 1 amide bonds. The Morgan fingerprint density at radius 1 is 0.821 bits per heavy atom. The van der Waals surface area contributed by atoms with Crippen LogP contribution < -0.4 is 0 Å². The van der Waals surface area contributed by atoms with Gasteiger partial charge in [0.2, 0.25) is 5.91 Å². The maximum Gasteiger partial charge on any atom is 0.226 e. The fourth-order valence-electron chi connectivity index (χ4n) is 5.37. The standard InChI is InChI=1S/C24H37N3O/c28-24(26-14-6-1-2-7-15-26)22-11-8-16-27(20-22)23-12-17-25(18-13-23)19-21-9-4-3-5-10-21/h3-5,9-10,22-23H,1-2,6-8,11-20H2/t22-/m1/s1. The van der Waals surface area contributed by atoms with Crippen molar-refractivity contribution >= 4 is 5.91 Å². The molecule has 3 fully saturated rings. The first-order valence-corrected chi connectivity index (χ1v) is 11.6. The normalized spacial score (nSPS) is 26.1. The molecule has 4 rings (SSSR count). The second-order valence-electron chi connectivity index (χ2n) is 9.07. The first kappa shape index (κ1) is 19.9. The molecule has 1 atom stereocenters. The van der Waals surface area contributed by atoms with E-state index in [1.54, 1.807) is 0 Å². The van der Waals surface area contributed by atoms with Gasteiger partial charge < -0.3 is 4.90 Å². The van der Waals surface area contributed by atoms with Crippen LogP contribution in [0.4, 0.5) is 0 Å². The van der Waals surface area contributed by atoms with Crippen LogP contribution in [0.2, 0.25) is 0 Å². The van der Waals surface area contributed by atoms with Crippen molar-refractivity contribution in [3.8, 4) is 0 Å². The second-order valence-corrected chi connectivity index (χ2v) is 9.07. The van der Waals surface area contributed by atoms with Crippen LogP contribution in [-0.2, 0) is 11.3 Å². The zero-order valence-corrected chi connectivity index (χ0v) is 17.4. The van der Waals surface area contributed by atoms with Crippen molar-refractivity contribution in [3.05, 3.63) is 35.9 Å². The number of amides is 1. The molecule has 3 heterocycles. The number of carbonyl (C=O) groups excluding carboxylic acids is 1. The summed E-state index contributed by atoms with van der Waals surface area (Å²) in [5.74, 6) is 0.697. The van der Waals surface area contributed by atoms with Gasteiger partial charge in [-0.3, -0.25) is 14.6 Å². The van der Waals surface area contributed by atoms with E-state index in [1.807, 2.05) is 0 Å². The minimum atomic E-state index is 0.245. The third kappa shape index (κ3) is 5.15. The van der Waals surface area contributed by atoms with Crippen molar-refractivity contribution in [2.75, 3.05) is 39.3 Å². The van der Waals surface area contributed by atoms with E-state index in [0.29, 0.717) is 11.9 Å². The van der Waals surface area contributed by atoms with Gasteiger partial charge >= 0.3 is 0 Å². The van der Waals surface area contributed by atoms with Crippen molar-refractivity contribution in [1.82, 2.24) is 14.7 Å². The lowest BCUT2D eigenvalue weighted by Crippen LogP contribution is -2.51. The highest BCUT2D eigenvalue weighted by Gasteiger charge is 2.33. The van der Waals surface area contributed by atoms with Crippen molar-refractivity contribution in [1.29, 1.82) is 0 Å². The SMILES string of the molecule is O=C([C@@H]1CCCN(C2CCN(Cc3ccccc3)CC2)C1)N1CCCCCC1. The van der Waals surface area contributed by atoms with E-state index >= 15 is 0 Å². The summed E-state index contributed by atoms with van der Waals surface area (Å²) in [6.45, 7) is 7.61. The van der Waals surface area contributed by atoms with E-state index in [4.69, 9.17) is 0 Å². The molecule has 4 nitrogen and oxygen atoms in total. The maximum atomic E-state index is 13.1. The van der Waals surface area contributed by atoms with Crippen LogP contribution in [0, 0.1) is 5.92 Å². The van der Waals surface area contributed by atoms with E-state index in [9.17, 15) is 4.79 Å². The Morgan fingerprint density at radius 2 is 1.54 bits per heavy atom. The van der Waals surface area contributed by atoms with Gasteiger partial charge in [0.05, 0.1) is 5.92 Å². The minimum absolute atomic E-state index is 0.245. The molecule has 0 aromatic heterocycles. The molecule has 1 aromatic carbocycles. The predicted octanol–water partition coefficient (Wildman–Crippen LogP) is 3.77. The number of rotatable bonds is 4. The molecular formula is C24H37N3O. The van der Waals surface area contributed by atoms with Crippen LogP contribution >= 0.6 is 0 Å². The molecule has 4 heteroatoms. The van der Waals surface area contributed by atoms with Crippen LogP contribution in [0.15, 0.2) is 30.3 Å². The lowest BCUT2D eigenvalue weighted by Gasteiger charge is -2.42. The zero-order chi connectivity index (χ0) is 19.2. The average molecular weight is 384 g/mol. The number of likely N-dealkylation sites (tertiary alicyclic amines) is 3.